The van der Waals surface area contributed by atoms with E-state index >= 15 is 0 Å². The van der Waals surface area contributed by atoms with Crippen molar-refractivity contribution in [3.63, 3.8) is 0 Å². The fourth-order valence-electron chi connectivity index (χ4n) is 2.81. The van der Waals surface area contributed by atoms with Gasteiger partial charge < -0.3 is 5.32 Å². The quantitative estimate of drug-likeness (QED) is 0.928. The Bertz CT molecular complexity index is 545. The lowest BCUT2D eigenvalue weighted by Gasteiger charge is -2.15. The van der Waals surface area contributed by atoms with E-state index < -0.39 is 0 Å². The average molecular weight is 340 g/mol. The molecule has 0 saturated heterocycles. The first-order chi connectivity index (χ1) is 9.20. The van der Waals surface area contributed by atoms with E-state index in [1.54, 1.807) is 10.4 Å². The number of hydrogen-bond donors (Lipinski definition) is 1. The minimum absolute atomic E-state index is 0.220. The lowest BCUT2D eigenvalue weighted by atomic mass is 9.98. The Kier molecular flexibility index (Phi) is 3.78. The van der Waals surface area contributed by atoms with Crippen LogP contribution < -0.4 is 5.32 Å². The molecule has 1 aliphatic rings. The number of hydrogen-bond acceptors (Lipinski definition) is 3. The van der Waals surface area contributed by atoms with Crippen molar-refractivity contribution >= 4 is 27.3 Å². The number of rotatable bonds is 3. The number of fused-ring (bicyclic) bond motifs is 1. The Morgan fingerprint density at radius 3 is 2.84 bits per heavy atom. The van der Waals surface area contributed by atoms with Crippen molar-refractivity contribution in [2.24, 2.45) is 7.05 Å². The van der Waals surface area contributed by atoms with Crippen molar-refractivity contribution in [1.82, 2.24) is 15.1 Å². The molecule has 2 aromatic rings. The first-order valence-corrected chi connectivity index (χ1v) is 8.27. The summed E-state index contributed by atoms with van der Waals surface area (Å²) < 4.78 is 3.02. The molecule has 2 heterocycles. The monoisotopic (exact) mass is 339 g/mol. The summed E-state index contributed by atoms with van der Waals surface area (Å²) in [5.74, 6) is 0. The summed E-state index contributed by atoms with van der Waals surface area (Å²) in [4.78, 5) is 2.98. The normalized spacial score (nSPS) is 16.4. The third-order valence-corrected chi connectivity index (χ3v) is 5.71. The summed E-state index contributed by atoms with van der Waals surface area (Å²) in [5.41, 5.74) is 2.76. The lowest BCUT2D eigenvalue weighted by Crippen LogP contribution is -2.20. The van der Waals surface area contributed by atoms with Crippen LogP contribution in [0, 0.1) is 0 Å². The number of nitrogens with one attached hydrogen (secondary N) is 1. The molecule has 3 nitrogen and oxygen atoms in total. The van der Waals surface area contributed by atoms with Crippen LogP contribution in [0.2, 0.25) is 0 Å². The summed E-state index contributed by atoms with van der Waals surface area (Å²) in [6.07, 6.45) is 7.04. The van der Waals surface area contributed by atoms with Gasteiger partial charge in [0, 0.05) is 16.8 Å². The molecular weight excluding hydrogens is 322 g/mol. The van der Waals surface area contributed by atoms with Crippen LogP contribution in [0.3, 0.4) is 0 Å². The SMILES string of the molecule is CNC(c1cc2c(s1)CCCC2)c1c(Br)cnn1C. The van der Waals surface area contributed by atoms with E-state index in [0.717, 1.165) is 4.47 Å². The molecule has 19 heavy (non-hydrogen) atoms. The molecule has 0 spiro atoms. The molecule has 1 atom stereocenters. The highest BCUT2D eigenvalue weighted by molar-refractivity contribution is 9.10. The molecule has 1 unspecified atom stereocenters. The van der Waals surface area contributed by atoms with E-state index in [1.165, 1.54) is 36.3 Å². The zero-order chi connectivity index (χ0) is 13.4. The maximum atomic E-state index is 4.33. The molecule has 102 valence electrons. The van der Waals surface area contributed by atoms with Gasteiger partial charge in [-0.05, 0) is 60.3 Å². The van der Waals surface area contributed by atoms with Gasteiger partial charge in [0.25, 0.3) is 0 Å². The fraction of sp³-hybridized carbons (Fsp3) is 0.500. The van der Waals surface area contributed by atoms with Crippen molar-refractivity contribution in [2.75, 3.05) is 7.05 Å². The minimum atomic E-state index is 0.220. The van der Waals surface area contributed by atoms with Gasteiger partial charge >= 0.3 is 0 Å². The predicted molar refractivity (Wildman–Crippen MR) is 82.8 cm³/mol. The highest BCUT2D eigenvalue weighted by Gasteiger charge is 2.23. The summed E-state index contributed by atoms with van der Waals surface area (Å²) in [7, 11) is 4.01. The van der Waals surface area contributed by atoms with Crippen LogP contribution in [0.4, 0.5) is 0 Å². The molecule has 0 aliphatic heterocycles. The van der Waals surface area contributed by atoms with Gasteiger partial charge in [0.05, 0.1) is 22.4 Å². The topological polar surface area (TPSA) is 29.9 Å². The Morgan fingerprint density at radius 2 is 2.21 bits per heavy atom. The molecule has 0 saturated carbocycles. The van der Waals surface area contributed by atoms with Gasteiger partial charge in [-0.25, -0.2) is 0 Å². The van der Waals surface area contributed by atoms with Crippen LogP contribution in [-0.2, 0) is 19.9 Å². The van der Waals surface area contributed by atoms with Crippen LogP contribution >= 0.6 is 27.3 Å². The van der Waals surface area contributed by atoms with Gasteiger partial charge in [0.2, 0.25) is 0 Å². The number of nitrogens with zero attached hydrogens (tertiary/aromatic N) is 2. The van der Waals surface area contributed by atoms with Gasteiger partial charge in [0.1, 0.15) is 0 Å². The number of halogens is 1. The second kappa shape index (κ2) is 5.38. The fourth-order valence-corrected chi connectivity index (χ4v) is 4.76. The Hall–Kier alpha value is -0.650. The Balaban J connectivity index is 2.01. The van der Waals surface area contributed by atoms with Crippen molar-refractivity contribution < 1.29 is 0 Å². The molecule has 0 radical (unpaired) electrons. The molecule has 5 heteroatoms. The van der Waals surface area contributed by atoms with Gasteiger partial charge in [0.15, 0.2) is 0 Å². The third-order valence-electron chi connectivity index (χ3n) is 3.80. The molecule has 0 bridgehead atoms. The third kappa shape index (κ3) is 2.39. The highest BCUT2D eigenvalue weighted by Crippen LogP contribution is 2.36. The van der Waals surface area contributed by atoms with E-state index in [2.05, 4.69) is 32.4 Å². The molecule has 1 aliphatic carbocycles. The van der Waals surface area contributed by atoms with E-state index in [0.29, 0.717) is 0 Å². The predicted octanol–water partition coefficient (Wildman–Crippen LogP) is 3.43. The zero-order valence-corrected chi connectivity index (χ0v) is 13.6. The van der Waals surface area contributed by atoms with Crippen LogP contribution in [0.5, 0.6) is 0 Å². The zero-order valence-electron chi connectivity index (χ0n) is 11.2. The van der Waals surface area contributed by atoms with Crippen LogP contribution in [0.15, 0.2) is 16.7 Å². The minimum Gasteiger partial charge on any atom is -0.307 e. The van der Waals surface area contributed by atoms with Crippen molar-refractivity contribution in [3.8, 4) is 0 Å². The lowest BCUT2D eigenvalue weighted by molar-refractivity contribution is 0.610. The van der Waals surface area contributed by atoms with Gasteiger partial charge in [-0.15, -0.1) is 11.3 Å². The summed E-state index contributed by atoms with van der Waals surface area (Å²) in [6, 6.07) is 2.61. The van der Waals surface area contributed by atoms with Gasteiger partial charge in [-0.1, -0.05) is 0 Å². The highest BCUT2D eigenvalue weighted by atomic mass is 79.9. The van der Waals surface area contributed by atoms with Crippen molar-refractivity contribution in [3.05, 3.63) is 37.7 Å². The Morgan fingerprint density at radius 1 is 1.42 bits per heavy atom. The Labute approximate surface area is 126 Å². The van der Waals surface area contributed by atoms with E-state index in [1.807, 2.05) is 36.3 Å². The summed E-state index contributed by atoms with van der Waals surface area (Å²) in [6.45, 7) is 0. The van der Waals surface area contributed by atoms with E-state index in [9.17, 15) is 0 Å². The molecule has 3 rings (SSSR count). The molecule has 0 aromatic carbocycles. The second-order valence-corrected chi connectivity index (χ2v) is 7.05. The van der Waals surface area contributed by atoms with Gasteiger partial charge in [-0.2, -0.15) is 5.10 Å². The standard InChI is InChI=1S/C14H18BrN3S/c1-16-13(14-10(15)8-17-18(14)2)12-7-9-5-3-4-6-11(9)19-12/h7-8,13,16H,3-6H2,1-2H3. The maximum Gasteiger partial charge on any atom is 0.0851 e. The first-order valence-electron chi connectivity index (χ1n) is 6.67. The van der Waals surface area contributed by atoms with Crippen LogP contribution in [0.25, 0.3) is 0 Å². The van der Waals surface area contributed by atoms with Crippen molar-refractivity contribution in [2.45, 2.75) is 31.7 Å². The molecule has 1 N–H and O–H groups in total. The van der Waals surface area contributed by atoms with Gasteiger partial charge in [-0.3, -0.25) is 4.68 Å². The van der Waals surface area contributed by atoms with Crippen LogP contribution in [-0.4, -0.2) is 16.8 Å². The largest absolute Gasteiger partial charge is 0.307 e. The van der Waals surface area contributed by atoms with Crippen LogP contribution in [0.1, 0.15) is 39.9 Å². The number of aryl methyl sites for hydroxylation is 3. The van der Waals surface area contributed by atoms with Crippen molar-refractivity contribution in [1.29, 1.82) is 0 Å². The number of aromatic nitrogens is 2. The summed E-state index contributed by atoms with van der Waals surface area (Å²) in [5, 5.41) is 7.76. The van der Waals surface area contributed by atoms with E-state index in [4.69, 9.17) is 0 Å². The molecule has 0 amide bonds. The average Bonchev–Trinajstić information content (AvgIpc) is 2.97. The molecule has 2 aromatic heterocycles. The number of thiophene rings is 1. The van der Waals surface area contributed by atoms with E-state index in [-0.39, 0.29) is 6.04 Å². The summed E-state index contributed by atoms with van der Waals surface area (Å²) >= 11 is 5.57. The molecule has 0 fully saturated rings. The second-order valence-electron chi connectivity index (χ2n) is 5.03. The molecular formula is C14H18BrN3S. The maximum absolute atomic E-state index is 4.33. The first kappa shape index (κ1) is 13.3. The smallest absolute Gasteiger partial charge is 0.0851 e.